The molecule has 2 rings (SSSR count). The van der Waals surface area contributed by atoms with Gasteiger partial charge in [0, 0.05) is 12.4 Å². The maximum absolute atomic E-state index is 9.42. The van der Waals surface area contributed by atoms with E-state index in [4.69, 9.17) is 0 Å². The summed E-state index contributed by atoms with van der Waals surface area (Å²) in [6.45, 7) is 4.00. The average molecular weight is 190 g/mol. The van der Waals surface area contributed by atoms with Gasteiger partial charge in [-0.25, -0.2) is 4.98 Å². The van der Waals surface area contributed by atoms with Crippen molar-refractivity contribution in [2.24, 2.45) is 0 Å². The van der Waals surface area contributed by atoms with E-state index in [9.17, 15) is 5.11 Å². The molecule has 2 aromatic rings. The fourth-order valence-corrected chi connectivity index (χ4v) is 1.09. The van der Waals surface area contributed by atoms with Crippen LogP contribution in [0.15, 0.2) is 36.7 Å². The van der Waals surface area contributed by atoms with Gasteiger partial charge in [-0.2, -0.15) is 0 Å². The first-order valence-electron chi connectivity index (χ1n) is 4.65. The first-order chi connectivity index (χ1) is 6.88. The van der Waals surface area contributed by atoms with Crippen molar-refractivity contribution < 1.29 is 5.11 Å². The van der Waals surface area contributed by atoms with Crippen LogP contribution in [0.5, 0.6) is 5.75 Å². The standard InChI is InChI=1S/C9H8N2O.C2H6/c12-8-4-2-1-3-7(8)9-10-5-6-11-9;1-2/h1-6,12H,(H,10,11);1-2H3. The zero-order valence-corrected chi connectivity index (χ0v) is 8.36. The van der Waals surface area contributed by atoms with Gasteiger partial charge in [-0.3, -0.25) is 0 Å². The van der Waals surface area contributed by atoms with E-state index in [-0.39, 0.29) is 5.75 Å². The minimum absolute atomic E-state index is 0.243. The summed E-state index contributed by atoms with van der Waals surface area (Å²) in [5, 5.41) is 9.42. The molecular formula is C11H14N2O. The number of imidazole rings is 1. The van der Waals surface area contributed by atoms with Crippen LogP contribution in [0.2, 0.25) is 0 Å². The van der Waals surface area contributed by atoms with Crippen LogP contribution < -0.4 is 0 Å². The number of benzene rings is 1. The minimum Gasteiger partial charge on any atom is -0.507 e. The molecule has 14 heavy (non-hydrogen) atoms. The van der Waals surface area contributed by atoms with Crippen molar-refractivity contribution in [2.45, 2.75) is 13.8 Å². The molecule has 3 nitrogen and oxygen atoms in total. The SMILES string of the molecule is CC.Oc1ccccc1-c1ncc[nH]1. The van der Waals surface area contributed by atoms with Gasteiger partial charge in [0.1, 0.15) is 11.6 Å². The van der Waals surface area contributed by atoms with Crippen LogP contribution in [0.25, 0.3) is 11.4 Å². The number of phenolic OH excluding ortho intramolecular Hbond substituents is 1. The molecule has 0 radical (unpaired) electrons. The Morgan fingerprint density at radius 2 is 1.93 bits per heavy atom. The van der Waals surface area contributed by atoms with Crippen molar-refractivity contribution in [3.8, 4) is 17.1 Å². The monoisotopic (exact) mass is 190 g/mol. The van der Waals surface area contributed by atoms with Gasteiger partial charge in [-0.1, -0.05) is 26.0 Å². The van der Waals surface area contributed by atoms with E-state index in [1.165, 1.54) is 0 Å². The third-order valence-corrected chi connectivity index (χ3v) is 1.66. The smallest absolute Gasteiger partial charge is 0.141 e. The highest BCUT2D eigenvalue weighted by Gasteiger charge is 2.03. The molecule has 2 N–H and O–H groups in total. The lowest BCUT2D eigenvalue weighted by atomic mass is 10.2. The van der Waals surface area contributed by atoms with Gasteiger partial charge in [-0.15, -0.1) is 0 Å². The normalized spacial score (nSPS) is 9.00. The highest BCUT2D eigenvalue weighted by Crippen LogP contribution is 2.24. The van der Waals surface area contributed by atoms with Crippen LogP contribution in [0, 0.1) is 0 Å². The second-order valence-electron chi connectivity index (χ2n) is 2.45. The second kappa shape index (κ2) is 5.07. The molecular weight excluding hydrogens is 176 g/mol. The number of nitrogens with one attached hydrogen (secondary N) is 1. The molecule has 0 aliphatic heterocycles. The van der Waals surface area contributed by atoms with Crippen LogP contribution in [0.1, 0.15) is 13.8 Å². The fraction of sp³-hybridized carbons (Fsp3) is 0.182. The van der Waals surface area contributed by atoms with E-state index in [2.05, 4.69) is 9.97 Å². The molecule has 0 atom stereocenters. The molecule has 0 aliphatic carbocycles. The molecule has 1 aromatic heterocycles. The second-order valence-corrected chi connectivity index (χ2v) is 2.45. The Bertz CT molecular complexity index is 369. The summed E-state index contributed by atoms with van der Waals surface area (Å²) in [4.78, 5) is 6.95. The van der Waals surface area contributed by atoms with Gasteiger partial charge in [0.2, 0.25) is 0 Å². The number of hydrogen-bond donors (Lipinski definition) is 2. The molecule has 0 amide bonds. The molecule has 0 aliphatic rings. The Labute approximate surface area is 83.4 Å². The predicted octanol–water partition coefficient (Wildman–Crippen LogP) is 2.81. The predicted molar refractivity (Wildman–Crippen MR) is 57.0 cm³/mol. The number of aromatic amines is 1. The largest absolute Gasteiger partial charge is 0.507 e. The Hall–Kier alpha value is -1.77. The van der Waals surface area contributed by atoms with Crippen LogP contribution >= 0.6 is 0 Å². The highest BCUT2D eigenvalue weighted by atomic mass is 16.3. The topological polar surface area (TPSA) is 48.9 Å². The summed E-state index contributed by atoms with van der Waals surface area (Å²) in [5.41, 5.74) is 0.725. The van der Waals surface area contributed by atoms with Gasteiger partial charge in [0.05, 0.1) is 5.56 Å². The van der Waals surface area contributed by atoms with Crippen molar-refractivity contribution >= 4 is 0 Å². The lowest BCUT2D eigenvalue weighted by Gasteiger charge is -1.98. The maximum atomic E-state index is 9.42. The minimum atomic E-state index is 0.243. The fourth-order valence-electron chi connectivity index (χ4n) is 1.09. The number of aromatic nitrogens is 2. The number of rotatable bonds is 1. The first-order valence-corrected chi connectivity index (χ1v) is 4.65. The Kier molecular flexibility index (Phi) is 3.73. The molecule has 3 heteroatoms. The Morgan fingerprint density at radius 3 is 2.50 bits per heavy atom. The molecule has 0 bridgehead atoms. The summed E-state index contributed by atoms with van der Waals surface area (Å²) in [6, 6.07) is 7.09. The van der Waals surface area contributed by atoms with Crippen molar-refractivity contribution in [3.63, 3.8) is 0 Å². The summed E-state index contributed by atoms with van der Waals surface area (Å²) in [6.07, 6.45) is 3.38. The zero-order chi connectivity index (χ0) is 10.4. The summed E-state index contributed by atoms with van der Waals surface area (Å²) in [7, 11) is 0. The molecule has 1 aromatic carbocycles. The van der Waals surface area contributed by atoms with Crippen LogP contribution in [-0.2, 0) is 0 Å². The summed E-state index contributed by atoms with van der Waals surface area (Å²) >= 11 is 0. The summed E-state index contributed by atoms with van der Waals surface area (Å²) < 4.78 is 0. The van der Waals surface area contributed by atoms with Crippen molar-refractivity contribution in [1.82, 2.24) is 9.97 Å². The van der Waals surface area contributed by atoms with E-state index in [0.717, 1.165) is 5.56 Å². The van der Waals surface area contributed by atoms with Gasteiger partial charge in [-0.05, 0) is 12.1 Å². The highest BCUT2D eigenvalue weighted by molar-refractivity contribution is 5.62. The van der Waals surface area contributed by atoms with Gasteiger partial charge < -0.3 is 10.1 Å². The molecule has 74 valence electrons. The van der Waals surface area contributed by atoms with Crippen LogP contribution in [0.4, 0.5) is 0 Å². The lowest BCUT2D eigenvalue weighted by molar-refractivity contribution is 0.477. The van der Waals surface area contributed by atoms with Gasteiger partial charge >= 0.3 is 0 Å². The molecule has 0 fully saturated rings. The third kappa shape index (κ3) is 2.13. The quantitative estimate of drug-likeness (QED) is 0.726. The third-order valence-electron chi connectivity index (χ3n) is 1.66. The Balaban J connectivity index is 0.000000461. The van der Waals surface area contributed by atoms with Crippen LogP contribution in [0.3, 0.4) is 0 Å². The van der Waals surface area contributed by atoms with E-state index < -0.39 is 0 Å². The van der Waals surface area contributed by atoms with Crippen molar-refractivity contribution in [3.05, 3.63) is 36.7 Å². The first kappa shape index (κ1) is 10.3. The van der Waals surface area contributed by atoms with E-state index in [1.54, 1.807) is 24.5 Å². The maximum Gasteiger partial charge on any atom is 0.141 e. The zero-order valence-electron chi connectivity index (χ0n) is 8.36. The van der Waals surface area contributed by atoms with E-state index in [0.29, 0.717) is 5.82 Å². The molecule has 0 spiro atoms. The average Bonchev–Trinajstić information content (AvgIpc) is 2.75. The number of hydrogen-bond acceptors (Lipinski definition) is 2. The number of para-hydroxylation sites is 1. The van der Waals surface area contributed by atoms with E-state index >= 15 is 0 Å². The number of aromatic hydroxyl groups is 1. The lowest BCUT2D eigenvalue weighted by Crippen LogP contribution is -1.79. The van der Waals surface area contributed by atoms with E-state index in [1.807, 2.05) is 26.0 Å². The van der Waals surface area contributed by atoms with Gasteiger partial charge in [0.25, 0.3) is 0 Å². The number of phenols is 1. The van der Waals surface area contributed by atoms with Crippen LogP contribution in [-0.4, -0.2) is 15.1 Å². The summed E-state index contributed by atoms with van der Waals surface area (Å²) in [5.74, 6) is 0.931. The van der Waals surface area contributed by atoms with Crippen molar-refractivity contribution in [1.29, 1.82) is 0 Å². The molecule has 0 saturated carbocycles. The van der Waals surface area contributed by atoms with Gasteiger partial charge in [0.15, 0.2) is 0 Å². The molecule has 1 heterocycles. The number of nitrogens with zero attached hydrogens (tertiary/aromatic N) is 1. The van der Waals surface area contributed by atoms with Crippen molar-refractivity contribution in [2.75, 3.05) is 0 Å². The number of H-pyrrole nitrogens is 1. The Morgan fingerprint density at radius 1 is 1.21 bits per heavy atom. The molecule has 0 saturated heterocycles. The molecule has 0 unspecified atom stereocenters.